The first-order valence-electron chi connectivity index (χ1n) is 2.75. The lowest BCUT2D eigenvalue weighted by Gasteiger charge is -1.96. The van der Waals surface area contributed by atoms with Crippen LogP contribution in [0.1, 0.15) is 5.56 Å². The van der Waals surface area contributed by atoms with E-state index in [4.69, 9.17) is 5.21 Å². The van der Waals surface area contributed by atoms with Crippen LogP contribution in [0, 0.1) is 0 Å². The highest BCUT2D eigenvalue weighted by molar-refractivity contribution is 5.77. The van der Waals surface area contributed by atoms with E-state index in [-0.39, 0.29) is 0 Å². The number of benzene rings is 1. The van der Waals surface area contributed by atoms with Crippen molar-refractivity contribution >= 4 is 12.0 Å². The van der Waals surface area contributed by atoms with Crippen LogP contribution in [-0.4, -0.2) is 11.5 Å². The molecule has 0 heterocycles. The molecule has 1 aromatic carbocycles. The van der Waals surface area contributed by atoms with E-state index < -0.39 is 0 Å². The summed E-state index contributed by atoms with van der Waals surface area (Å²) in [6.45, 7) is 0. The Balaban J connectivity index is 2.98. The van der Waals surface area contributed by atoms with Crippen molar-refractivity contribution in [2.24, 2.45) is 0 Å². The lowest BCUT2D eigenvalue weighted by molar-refractivity contribution is 0.389. The van der Waals surface area contributed by atoms with Crippen molar-refractivity contribution in [2.45, 2.75) is 0 Å². The molecule has 51 valence electrons. The molecule has 0 spiro atoms. The fourth-order valence-corrected chi connectivity index (χ4v) is 0.652. The minimum absolute atomic E-state index is 0.416. The molecule has 0 aliphatic carbocycles. The molecule has 0 saturated carbocycles. The third-order valence-electron chi connectivity index (χ3n) is 1.11. The van der Waals surface area contributed by atoms with Crippen LogP contribution in [-0.2, 0) is 4.79 Å². The molecule has 1 radical (unpaired) electrons. The molecular weight excluding hydrogens is 130 g/mol. The molecule has 0 bridgehead atoms. The summed E-state index contributed by atoms with van der Waals surface area (Å²) in [5, 5.41) is 8.38. The Bertz CT molecular complexity index is 235. The van der Waals surface area contributed by atoms with Gasteiger partial charge in [0.1, 0.15) is 0 Å². The Labute approximate surface area is 58.3 Å². The number of hydrogen-bond donors (Lipinski definition) is 2. The molecule has 1 rings (SSSR count). The molecule has 0 atom stereocenters. The summed E-state index contributed by atoms with van der Waals surface area (Å²) in [6.07, 6.45) is 1.70. The van der Waals surface area contributed by atoms with Crippen molar-refractivity contribution in [3.8, 4) is 0 Å². The average Bonchev–Trinajstić information content (AvgIpc) is 2.05. The van der Waals surface area contributed by atoms with Gasteiger partial charge in [-0.1, -0.05) is 12.1 Å². The largest absolute Gasteiger partial charge is 0.291 e. The molecule has 10 heavy (non-hydrogen) atoms. The number of hydrogen-bond acceptors (Lipinski definition) is 3. The summed E-state index contributed by atoms with van der Waals surface area (Å²) in [5.74, 6) is 0. The van der Waals surface area contributed by atoms with Crippen LogP contribution in [0.5, 0.6) is 0 Å². The SMILES string of the molecule is O=[C]c1cccc(NO)c1. The van der Waals surface area contributed by atoms with Crippen LogP contribution in [0.2, 0.25) is 0 Å². The van der Waals surface area contributed by atoms with Crippen molar-refractivity contribution in [2.75, 3.05) is 5.48 Å². The number of carbonyl (C=O) groups excluding carboxylic acids is 1. The minimum atomic E-state index is 0.416. The second-order valence-electron chi connectivity index (χ2n) is 1.79. The van der Waals surface area contributed by atoms with Gasteiger partial charge in [-0.3, -0.25) is 15.5 Å². The van der Waals surface area contributed by atoms with E-state index in [0.29, 0.717) is 11.3 Å². The van der Waals surface area contributed by atoms with Gasteiger partial charge in [0, 0.05) is 5.56 Å². The molecule has 0 fully saturated rings. The van der Waals surface area contributed by atoms with Gasteiger partial charge in [-0.2, -0.15) is 0 Å². The van der Waals surface area contributed by atoms with Gasteiger partial charge >= 0.3 is 0 Å². The summed E-state index contributed by atoms with van der Waals surface area (Å²) < 4.78 is 0. The smallest absolute Gasteiger partial charge is 0.233 e. The molecule has 2 N–H and O–H groups in total. The Morgan fingerprint density at radius 1 is 1.50 bits per heavy atom. The van der Waals surface area contributed by atoms with Crippen molar-refractivity contribution in [1.82, 2.24) is 0 Å². The number of nitrogens with one attached hydrogen (secondary N) is 1. The van der Waals surface area contributed by atoms with Gasteiger partial charge in [-0.15, -0.1) is 0 Å². The fraction of sp³-hybridized carbons (Fsp3) is 0. The summed E-state index contributed by atoms with van der Waals surface area (Å²) in [5.41, 5.74) is 2.83. The fourth-order valence-electron chi connectivity index (χ4n) is 0.652. The van der Waals surface area contributed by atoms with Crippen molar-refractivity contribution in [3.63, 3.8) is 0 Å². The Morgan fingerprint density at radius 3 is 2.90 bits per heavy atom. The van der Waals surface area contributed by atoms with Gasteiger partial charge < -0.3 is 0 Å². The Hall–Kier alpha value is -1.35. The van der Waals surface area contributed by atoms with Gasteiger partial charge in [0.05, 0.1) is 5.69 Å². The maximum Gasteiger partial charge on any atom is 0.233 e. The maximum atomic E-state index is 10.0. The first-order valence-corrected chi connectivity index (χ1v) is 2.75. The van der Waals surface area contributed by atoms with Gasteiger partial charge in [-0.05, 0) is 12.1 Å². The lowest BCUT2D eigenvalue weighted by atomic mass is 10.2. The predicted molar refractivity (Wildman–Crippen MR) is 36.6 cm³/mol. The molecule has 0 aromatic heterocycles. The van der Waals surface area contributed by atoms with E-state index in [9.17, 15) is 4.79 Å². The lowest BCUT2D eigenvalue weighted by Crippen LogP contribution is -1.89. The molecule has 0 amide bonds. The molecule has 0 aliphatic rings. The van der Waals surface area contributed by atoms with Crippen molar-refractivity contribution in [1.29, 1.82) is 0 Å². The van der Waals surface area contributed by atoms with Crippen LogP contribution >= 0.6 is 0 Å². The van der Waals surface area contributed by atoms with Crippen LogP contribution in [0.4, 0.5) is 5.69 Å². The molecule has 0 unspecified atom stereocenters. The highest BCUT2D eigenvalue weighted by Gasteiger charge is 1.91. The normalized spacial score (nSPS) is 8.90. The molecule has 3 heteroatoms. The Morgan fingerprint density at radius 2 is 2.30 bits per heavy atom. The highest BCUT2D eigenvalue weighted by atomic mass is 16.5. The zero-order valence-electron chi connectivity index (χ0n) is 5.16. The van der Waals surface area contributed by atoms with E-state index in [2.05, 4.69) is 0 Å². The van der Waals surface area contributed by atoms with E-state index in [0.717, 1.165) is 0 Å². The Kier molecular flexibility index (Phi) is 2.02. The molecule has 0 saturated heterocycles. The zero-order valence-corrected chi connectivity index (χ0v) is 5.16. The number of rotatable bonds is 2. The third-order valence-corrected chi connectivity index (χ3v) is 1.11. The first kappa shape index (κ1) is 6.77. The van der Waals surface area contributed by atoms with Gasteiger partial charge in [0.25, 0.3) is 0 Å². The van der Waals surface area contributed by atoms with Gasteiger partial charge in [0.2, 0.25) is 6.29 Å². The maximum absolute atomic E-state index is 10.0. The summed E-state index contributed by atoms with van der Waals surface area (Å²) in [6, 6.07) is 6.39. The summed E-state index contributed by atoms with van der Waals surface area (Å²) in [7, 11) is 0. The van der Waals surface area contributed by atoms with E-state index in [1.54, 1.807) is 24.5 Å². The van der Waals surface area contributed by atoms with Crippen LogP contribution in [0.3, 0.4) is 0 Å². The van der Waals surface area contributed by atoms with Crippen molar-refractivity contribution < 1.29 is 10.0 Å². The van der Waals surface area contributed by atoms with E-state index >= 15 is 0 Å². The summed E-state index contributed by atoms with van der Waals surface area (Å²) >= 11 is 0. The minimum Gasteiger partial charge on any atom is -0.291 e. The van der Waals surface area contributed by atoms with Crippen molar-refractivity contribution in [3.05, 3.63) is 29.8 Å². The van der Waals surface area contributed by atoms with Gasteiger partial charge in [-0.25, -0.2) is 0 Å². The predicted octanol–water partition coefficient (Wildman–Crippen LogP) is 0.945. The van der Waals surface area contributed by atoms with E-state index in [1.807, 2.05) is 5.48 Å². The molecule has 1 aromatic rings. The number of anilines is 1. The standard InChI is InChI=1S/C7H6NO2/c9-5-6-2-1-3-7(4-6)8-10/h1-4,8,10H. The van der Waals surface area contributed by atoms with Crippen LogP contribution in [0.25, 0.3) is 0 Å². The molecule has 3 nitrogen and oxygen atoms in total. The topological polar surface area (TPSA) is 49.3 Å². The van der Waals surface area contributed by atoms with Crippen LogP contribution in [0.15, 0.2) is 24.3 Å². The first-order chi connectivity index (χ1) is 4.86. The molecule has 0 aliphatic heterocycles. The second kappa shape index (κ2) is 2.98. The second-order valence-corrected chi connectivity index (χ2v) is 1.79. The highest BCUT2D eigenvalue weighted by Crippen LogP contribution is 2.06. The quantitative estimate of drug-likeness (QED) is 0.595. The van der Waals surface area contributed by atoms with E-state index in [1.165, 1.54) is 6.07 Å². The zero-order chi connectivity index (χ0) is 7.40. The monoisotopic (exact) mass is 136 g/mol. The molecular formula is C7H6NO2. The average molecular weight is 136 g/mol. The summed E-state index contributed by atoms with van der Waals surface area (Å²) in [4.78, 5) is 10.0. The van der Waals surface area contributed by atoms with Crippen LogP contribution < -0.4 is 5.48 Å². The van der Waals surface area contributed by atoms with Gasteiger partial charge in [0.15, 0.2) is 0 Å². The third kappa shape index (κ3) is 1.33.